The molecule has 1 aromatic carbocycles. The van der Waals surface area contributed by atoms with Crippen molar-refractivity contribution in [3.8, 4) is 0 Å². The Morgan fingerprint density at radius 3 is 2.77 bits per heavy atom. The summed E-state index contributed by atoms with van der Waals surface area (Å²) in [7, 11) is 3.57. The first-order chi connectivity index (χ1) is 10.5. The van der Waals surface area contributed by atoms with E-state index in [4.69, 9.17) is 0 Å². The molecular weight excluding hydrogens is 288 g/mol. The Morgan fingerprint density at radius 1 is 1.23 bits per heavy atom. The number of anilines is 1. The van der Waals surface area contributed by atoms with Crippen molar-refractivity contribution in [2.75, 3.05) is 11.9 Å². The van der Waals surface area contributed by atoms with Gasteiger partial charge in [0.25, 0.3) is 0 Å². The second kappa shape index (κ2) is 5.32. The van der Waals surface area contributed by atoms with Crippen molar-refractivity contribution in [2.45, 2.75) is 13.0 Å². The Hall–Kier alpha value is -2.57. The van der Waals surface area contributed by atoms with Gasteiger partial charge in [0.2, 0.25) is 0 Å². The highest BCUT2D eigenvalue weighted by Gasteiger charge is 2.20. The largest absolute Gasteiger partial charge is 0.352 e. The number of aromatic nitrogens is 4. The van der Waals surface area contributed by atoms with Crippen LogP contribution in [0.25, 0.3) is 11.0 Å². The minimum atomic E-state index is -0.467. The van der Waals surface area contributed by atoms with Gasteiger partial charge in [-0.1, -0.05) is 0 Å². The molecular formula is C15H15F2N5. The number of aryl methyl sites for hydroxylation is 1. The summed E-state index contributed by atoms with van der Waals surface area (Å²) in [4.78, 5) is 10.2. The van der Waals surface area contributed by atoms with Crippen LogP contribution in [0.15, 0.2) is 30.7 Å². The highest BCUT2D eigenvalue weighted by Crippen LogP contribution is 2.30. The van der Waals surface area contributed by atoms with Crippen LogP contribution in [0.1, 0.15) is 18.5 Å². The molecule has 114 valence electrons. The van der Waals surface area contributed by atoms with Crippen LogP contribution in [0, 0.1) is 11.6 Å². The monoisotopic (exact) mass is 303 g/mol. The molecule has 1 unspecified atom stereocenters. The molecule has 0 aliphatic rings. The van der Waals surface area contributed by atoms with Crippen molar-refractivity contribution in [1.82, 2.24) is 19.7 Å². The van der Waals surface area contributed by atoms with E-state index in [1.54, 1.807) is 36.8 Å². The van der Waals surface area contributed by atoms with E-state index in [0.29, 0.717) is 11.5 Å². The molecule has 0 amide bonds. The Morgan fingerprint density at radius 2 is 2.00 bits per heavy atom. The average molecular weight is 303 g/mol. The van der Waals surface area contributed by atoms with E-state index in [1.807, 2.05) is 0 Å². The van der Waals surface area contributed by atoms with Gasteiger partial charge >= 0.3 is 0 Å². The highest BCUT2D eigenvalue weighted by molar-refractivity contribution is 5.86. The number of hydrogen-bond donors (Lipinski definition) is 0. The molecule has 2 heterocycles. The molecule has 0 fully saturated rings. The van der Waals surface area contributed by atoms with Gasteiger partial charge in [0.15, 0.2) is 5.65 Å². The maximum atomic E-state index is 14.0. The molecule has 0 spiro atoms. The van der Waals surface area contributed by atoms with Crippen molar-refractivity contribution in [1.29, 1.82) is 0 Å². The molecule has 0 saturated carbocycles. The highest BCUT2D eigenvalue weighted by atomic mass is 19.1. The van der Waals surface area contributed by atoms with Crippen LogP contribution in [-0.4, -0.2) is 26.8 Å². The minimum Gasteiger partial charge on any atom is -0.352 e. The van der Waals surface area contributed by atoms with Gasteiger partial charge in [-0.25, -0.2) is 18.7 Å². The van der Waals surface area contributed by atoms with Gasteiger partial charge in [-0.3, -0.25) is 4.68 Å². The molecule has 0 aliphatic heterocycles. The van der Waals surface area contributed by atoms with Gasteiger partial charge < -0.3 is 4.90 Å². The predicted octanol–water partition coefficient (Wildman–Crippen LogP) is 2.84. The van der Waals surface area contributed by atoms with Gasteiger partial charge in [-0.05, 0) is 25.1 Å². The number of fused-ring (bicyclic) bond motifs is 1. The summed E-state index contributed by atoms with van der Waals surface area (Å²) < 4.78 is 29.0. The maximum Gasteiger partial charge on any atom is 0.163 e. The first-order valence-corrected chi connectivity index (χ1v) is 6.79. The number of rotatable bonds is 3. The third-order valence-electron chi connectivity index (χ3n) is 3.83. The van der Waals surface area contributed by atoms with Gasteiger partial charge in [0.1, 0.15) is 23.8 Å². The Balaban J connectivity index is 2.05. The third-order valence-corrected chi connectivity index (χ3v) is 3.83. The fraction of sp³-hybridized carbons (Fsp3) is 0.267. The second-order valence-electron chi connectivity index (χ2n) is 5.16. The molecule has 0 aliphatic carbocycles. The Labute approximate surface area is 126 Å². The summed E-state index contributed by atoms with van der Waals surface area (Å²) in [5.74, 6) is -0.294. The zero-order chi connectivity index (χ0) is 15.9. The lowest BCUT2D eigenvalue weighted by Gasteiger charge is -2.27. The topological polar surface area (TPSA) is 46.8 Å². The van der Waals surface area contributed by atoms with Crippen LogP contribution in [0.4, 0.5) is 14.6 Å². The first kappa shape index (κ1) is 14.4. The minimum absolute atomic E-state index is 0.276. The summed E-state index contributed by atoms with van der Waals surface area (Å²) in [6.07, 6.45) is 3.10. The molecule has 0 radical (unpaired) electrons. The van der Waals surface area contributed by atoms with E-state index in [1.165, 1.54) is 12.4 Å². The molecule has 0 N–H and O–H groups in total. The van der Waals surface area contributed by atoms with Crippen LogP contribution >= 0.6 is 0 Å². The molecule has 3 rings (SSSR count). The lowest BCUT2D eigenvalue weighted by Crippen LogP contribution is -2.24. The number of nitrogens with zero attached hydrogens (tertiary/aromatic N) is 5. The van der Waals surface area contributed by atoms with E-state index in [2.05, 4.69) is 15.1 Å². The van der Waals surface area contributed by atoms with Crippen molar-refractivity contribution in [2.24, 2.45) is 7.05 Å². The van der Waals surface area contributed by atoms with Crippen molar-refractivity contribution in [3.63, 3.8) is 0 Å². The summed E-state index contributed by atoms with van der Waals surface area (Å²) in [6.45, 7) is 1.79. The van der Waals surface area contributed by atoms with Crippen molar-refractivity contribution < 1.29 is 8.78 Å². The lowest BCUT2D eigenvalue weighted by molar-refractivity contribution is 0.564. The summed E-state index contributed by atoms with van der Waals surface area (Å²) in [5, 5.41) is 4.92. The van der Waals surface area contributed by atoms with E-state index < -0.39 is 17.7 Å². The Bertz CT molecular complexity index is 830. The summed E-state index contributed by atoms with van der Waals surface area (Å²) >= 11 is 0. The first-order valence-electron chi connectivity index (χ1n) is 6.79. The fourth-order valence-electron chi connectivity index (χ4n) is 2.46. The zero-order valence-corrected chi connectivity index (χ0v) is 12.5. The number of benzene rings is 1. The summed E-state index contributed by atoms with van der Waals surface area (Å²) in [5.41, 5.74) is 0.960. The Kier molecular flexibility index (Phi) is 3.48. The molecule has 22 heavy (non-hydrogen) atoms. The fourth-order valence-corrected chi connectivity index (χ4v) is 2.46. The number of hydrogen-bond acceptors (Lipinski definition) is 4. The maximum absolute atomic E-state index is 14.0. The van der Waals surface area contributed by atoms with Crippen molar-refractivity contribution >= 4 is 16.9 Å². The molecule has 3 aromatic rings. The van der Waals surface area contributed by atoms with E-state index >= 15 is 0 Å². The van der Waals surface area contributed by atoms with Gasteiger partial charge in [-0.15, -0.1) is 0 Å². The molecule has 1 atom stereocenters. The van der Waals surface area contributed by atoms with Crippen LogP contribution in [0.5, 0.6) is 0 Å². The van der Waals surface area contributed by atoms with Crippen LogP contribution < -0.4 is 4.90 Å². The van der Waals surface area contributed by atoms with E-state index in [9.17, 15) is 8.78 Å². The van der Waals surface area contributed by atoms with E-state index in [-0.39, 0.29) is 5.56 Å². The molecule has 2 aromatic heterocycles. The van der Waals surface area contributed by atoms with Gasteiger partial charge in [-0.2, -0.15) is 5.10 Å². The van der Waals surface area contributed by atoms with Crippen LogP contribution in [-0.2, 0) is 7.05 Å². The normalized spacial score (nSPS) is 12.6. The quantitative estimate of drug-likeness (QED) is 0.746. The standard InChI is InChI=1S/C15H15F2N5/c1-9(11-6-10(16)4-5-13(11)17)21(2)14-12-7-20-22(3)15(12)19-8-18-14/h4-9H,1-3H3. The summed E-state index contributed by atoms with van der Waals surface area (Å²) in [6, 6.07) is 3.05. The second-order valence-corrected chi connectivity index (χ2v) is 5.16. The molecule has 0 saturated heterocycles. The third kappa shape index (κ3) is 2.28. The molecule has 0 bridgehead atoms. The zero-order valence-electron chi connectivity index (χ0n) is 12.5. The molecule has 7 heteroatoms. The van der Waals surface area contributed by atoms with Crippen molar-refractivity contribution in [3.05, 3.63) is 47.9 Å². The predicted molar refractivity (Wildman–Crippen MR) is 79.5 cm³/mol. The number of halogens is 2. The average Bonchev–Trinajstić information content (AvgIpc) is 2.90. The van der Waals surface area contributed by atoms with Gasteiger partial charge in [0.05, 0.1) is 17.6 Å². The lowest BCUT2D eigenvalue weighted by atomic mass is 10.1. The smallest absolute Gasteiger partial charge is 0.163 e. The van der Waals surface area contributed by atoms with Crippen LogP contribution in [0.3, 0.4) is 0 Å². The molecule has 5 nitrogen and oxygen atoms in total. The van der Waals surface area contributed by atoms with Crippen LogP contribution in [0.2, 0.25) is 0 Å². The SMILES string of the molecule is CC(c1cc(F)ccc1F)N(C)c1ncnc2c1cnn2C. The van der Waals surface area contributed by atoms with E-state index in [0.717, 1.165) is 17.5 Å². The van der Waals surface area contributed by atoms with Gasteiger partial charge in [0, 0.05) is 19.7 Å².